The minimum absolute atomic E-state index is 0.0751. The Hall–Kier alpha value is -3.28. The Balaban J connectivity index is 1.91. The van der Waals surface area contributed by atoms with E-state index >= 15 is 0 Å². The normalized spacial score (nSPS) is 12.4. The average Bonchev–Trinajstić information content (AvgIpc) is 2.79. The van der Waals surface area contributed by atoms with Gasteiger partial charge in [-0.15, -0.1) is 0 Å². The third-order valence-corrected chi connectivity index (χ3v) is 9.10. The highest BCUT2D eigenvalue weighted by molar-refractivity contribution is 8.04. The molecular formula is C22H15F3N2O4S2. The molecule has 11 heteroatoms. The lowest BCUT2D eigenvalue weighted by atomic mass is 10.1. The second-order valence-electron chi connectivity index (χ2n) is 6.95. The molecule has 1 aromatic heterocycles. The molecule has 0 aliphatic heterocycles. The highest BCUT2D eigenvalue weighted by atomic mass is 32.3. The van der Waals surface area contributed by atoms with Crippen molar-refractivity contribution in [1.29, 1.82) is 0 Å². The van der Waals surface area contributed by atoms with Gasteiger partial charge >= 0.3 is 0 Å². The summed E-state index contributed by atoms with van der Waals surface area (Å²) in [6.45, 7) is -0.729. The van der Waals surface area contributed by atoms with E-state index in [1.54, 1.807) is 0 Å². The fourth-order valence-electron chi connectivity index (χ4n) is 3.21. The quantitative estimate of drug-likeness (QED) is 0.402. The fraction of sp³-hybridized carbons (Fsp3) is 0.0455. The summed E-state index contributed by atoms with van der Waals surface area (Å²) < 4.78 is 94.7. The molecule has 0 N–H and O–H groups in total. The molecule has 0 bridgehead atoms. The number of fused-ring (bicyclic) bond motifs is 1. The summed E-state index contributed by atoms with van der Waals surface area (Å²) in [6, 6.07) is 12.5. The number of halogens is 3. The molecule has 4 aromatic rings. The van der Waals surface area contributed by atoms with Gasteiger partial charge in [-0.1, -0.05) is 9.78 Å². The number of sulfonamides is 2. The Morgan fingerprint density at radius 3 is 1.73 bits per heavy atom. The Labute approximate surface area is 188 Å². The summed E-state index contributed by atoms with van der Waals surface area (Å²) in [4.78, 5) is 3.12. The van der Waals surface area contributed by atoms with Crippen molar-refractivity contribution in [2.45, 2.75) is 16.3 Å². The van der Waals surface area contributed by atoms with Gasteiger partial charge in [-0.3, -0.25) is 4.98 Å². The van der Waals surface area contributed by atoms with E-state index in [9.17, 15) is 30.0 Å². The molecule has 0 unspecified atom stereocenters. The van der Waals surface area contributed by atoms with Crippen LogP contribution in [0.3, 0.4) is 0 Å². The molecular weight excluding hydrogens is 477 g/mol. The van der Waals surface area contributed by atoms with Crippen LogP contribution in [0.15, 0.2) is 88.8 Å². The fourth-order valence-corrected chi connectivity index (χ4v) is 6.81. The van der Waals surface area contributed by atoms with Gasteiger partial charge in [-0.2, -0.15) is 0 Å². The highest BCUT2D eigenvalue weighted by Crippen LogP contribution is 2.29. The Kier molecular flexibility index (Phi) is 5.95. The zero-order valence-electron chi connectivity index (χ0n) is 16.7. The first-order valence-corrected chi connectivity index (χ1v) is 12.3. The van der Waals surface area contributed by atoms with Crippen LogP contribution in [0.25, 0.3) is 10.9 Å². The number of aromatic nitrogens is 1. The Bertz CT molecular complexity index is 1470. The molecule has 0 atom stereocenters. The van der Waals surface area contributed by atoms with Crippen LogP contribution in [-0.2, 0) is 26.6 Å². The van der Waals surface area contributed by atoms with Crippen molar-refractivity contribution in [3.8, 4) is 0 Å². The van der Waals surface area contributed by atoms with Crippen LogP contribution in [0, 0.1) is 17.5 Å². The largest absolute Gasteiger partial charge is 0.256 e. The van der Waals surface area contributed by atoms with E-state index < -0.39 is 53.8 Å². The van der Waals surface area contributed by atoms with Crippen molar-refractivity contribution in [1.82, 2.24) is 8.69 Å². The van der Waals surface area contributed by atoms with Crippen molar-refractivity contribution in [2.24, 2.45) is 0 Å². The van der Waals surface area contributed by atoms with Crippen LogP contribution in [0.1, 0.15) is 5.56 Å². The zero-order chi connectivity index (χ0) is 23.8. The summed E-state index contributed by atoms with van der Waals surface area (Å²) in [7, 11) is -9.49. The molecule has 0 radical (unpaired) electrons. The van der Waals surface area contributed by atoms with Gasteiger partial charge in [0, 0.05) is 11.6 Å². The number of hydrogen-bond acceptors (Lipinski definition) is 5. The highest BCUT2D eigenvalue weighted by Gasteiger charge is 2.37. The number of rotatable bonds is 6. The molecule has 0 saturated heterocycles. The van der Waals surface area contributed by atoms with Gasteiger partial charge in [-0.05, 0) is 72.3 Å². The van der Waals surface area contributed by atoms with Crippen LogP contribution in [0.4, 0.5) is 13.2 Å². The lowest BCUT2D eigenvalue weighted by Gasteiger charge is -2.23. The molecule has 0 amide bonds. The molecule has 3 aromatic carbocycles. The molecule has 1 heterocycles. The summed E-state index contributed by atoms with van der Waals surface area (Å²) >= 11 is 0. The predicted molar refractivity (Wildman–Crippen MR) is 114 cm³/mol. The van der Waals surface area contributed by atoms with Gasteiger partial charge in [0.2, 0.25) is 0 Å². The molecule has 6 nitrogen and oxygen atoms in total. The van der Waals surface area contributed by atoms with E-state index in [2.05, 4.69) is 4.98 Å². The summed E-state index contributed by atoms with van der Waals surface area (Å²) in [5.41, 5.74) is 0.189. The van der Waals surface area contributed by atoms with Gasteiger partial charge in [0.25, 0.3) is 20.0 Å². The molecule has 33 heavy (non-hydrogen) atoms. The lowest BCUT2D eigenvalue weighted by Crippen LogP contribution is -2.36. The van der Waals surface area contributed by atoms with Crippen LogP contribution in [0.5, 0.6) is 0 Å². The van der Waals surface area contributed by atoms with Crippen molar-refractivity contribution < 1.29 is 30.0 Å². The van der Waals surface area contributed by atoms with Crippen molar-refractivity contribution in [2.75, 3.05) is 0 Å². The van der Waals surface area contributed by atoms with Crippen molar-refractivity contribution in [3.63, 3.8) is 0 Å². The molecule has 0 aliphatic carbocycles. The molecule has 0 spiro atoms. The predicted octanol–water partition coefficient (Wildman–Crippen LogP) is 4.23. The van der Waals surface area contributed by atoms with E-state index in [0.717, 1.165) is 54.6 Å². The maximum atomic E-state index is 14.2. The van der Waals surface area contributed by atoms with Gasteiger partial charge < -0.3 is 0 Å². The SMILES string of the molecule is O=S(=O)(c1ccc(F)cc1)N(Cc1ccc(F)c2cccnc12)S(=O)(=O)c1ccc(F)cc1. The maximum absolute atomic E-state index is 14.2. The average molecular weight is 493 g/mol. The lowest BCUT2D eigenvalue weighted by molar-refractivity contribution is 0.495. The second kappa shape index (κ2) is 8.58. The molecule has 4 rings (SSSR count). The third kappa shape index (κ3) is 4.34. The van der Waals surface area contributed by atoms with Crippen molar-refractivity contribution >= 4 is 30.9 Å². The van der Waals surface area contributed by atoms with E-state index in [-0.39, 0.29) is 20.2 Å². The summed E-state index contributed by atoms with van der Waals surface area (Å²) in [5, 5.41) is 0.0771. The van der Waals surface area contributed by atoms with Crippen LogP contribution in [0.2, 0.25) is 0 Å². The van der Waals surface area contributed by atoms with E-state index in [1.165, 1.54) is 24.4 Å². The first-order chi connectivity index (χ1) is 15.6. The molecule has 0 saturated carbocycles. The number of benzene rings is 3. The van der Waals surface area contributed by atoms with Gasteiger partial charge in [-0.25, -0.2) is 30.0 Å². The Morgan fingerprint density at radius 2 is 1.21 bits per heavy atom. The zero-order valence-corrected chi connectivity index (χ0v) is 18.3. The van der Waals surface area contributed by atoms with Gasteiger partial charge in [0.05, 0.1) is 21.9 Å². The Morgan fingerprint density at radius 1 is 0.697 bits per heavy atom. The molecule has 0 fully saturated rings. The molecule has 0 aliphatic rings. The monoisotopic (exact) mass is 492 g/mol. The molecule has 170 valence electrons. The first kappa shape index (κ1) is 22.9. The minimum Gasteiger partial charge on any atom is -0.256 e. The number of hydrogen-bond donors (Lipinski definition) is 0. The van der Waals surface area contributed by atoms with E-state index in [4.69, 9.17) is 0 Å². The number of pyridine rings is 1. The van der Waals surface area contributed by atoms with Gasteiger partial charge in [0.1, 0.15) is 17.5 Å². The van der Waals surface area contributed by atoms with Crippen LogP contribution < -0.4 is 0 Å². The first-order valence-electron chi connectivity index (χ1n) is 9.42. The topological polar surface area (TPSA) is 84.4 Å². The van der Waals surface area contributed by atoms with E-state index in [1.807, 2.05) is 0 Å². The van der Waals surface area contributed by atoms with Gasteiger partial charge in [0.15, 0.2) is 0 Å². The standard InChI is InChI=1S/C22H15F3N2O4S2/c23-16-4-8-18(9-5-16)32(28,29)27(33(30,31)19-10-6-17(24)7-11-19)14-15-3-12-21(25)20-2-1-13-26-22(15)20/h1-13H,14H2. The smallest absolute Gasteiger partial charge is 0.256 e. The summed E-state index contributed by atoms with van der Waals surface area (Å²) in [5.74, 6) is -2.04. The van der Waals surface area contributed by atoms with Crippen LogP contribution in [-0.4, -0.2) is 25.5 Å². The number of nitrogens with zero attached hydrogens (tertiary/aromatic N) is 2. The summed E-state index contributed by atoms with van der Waals surface area (Å²) in [6.07, 6.45) is 1.36. The second-order valence-corrected chi connectivity index (χ2v) is 10.9. The maximum Gasteiger partial charge on any atom is 0.256 e. The minimum atomic E-state index is -4.75. The van der Waals surface area contributed by atoms with Crippen molar-refractivity contribution in [3.05, 3.63) is 102 Å². The van der Waals surface area contributed by atoms with Crippen LogP contribution >= 0.6 is 0 Å². The van der Waals surface area contributed by atoms with E-state index in [0.29, 0.717) is 0 Å². The third-order valence-electron chi connectivity index (χ3n) is 4.86.